The first-order valence-corrected chi connectivity index (χ1v) is 6.83. The lowest BCUT2D eigenvalue weighted by Gasteiger charge is -2.01. The number of rotatable bonds is 6. The smallest absolute Gasteiger partial charge is 0.194 e. The van der Waals surface area contributed by atoms with Gasteiger partial charge in [0, 0.05) is 7.11 Å². The molecule has 0 aliphatic rings. The molecule has 0 saturated heterocycles. The minimum atomic E-state index is -1.40. The summed E-state index contributed by atoms with van der Waals surface area (Å²) < 4.78 is 4.78. The van der Waals surface area contributed by atoms with Crippen LogP contribution in [0.1, 0.15) is 30.9 Å². The number of hydrogen-bond acceptors (Lipinski definition) is 2. The van der Waals surface area contributed by atoms with E-state index in [1.54, 1.807) is 5.82 Å². The van der Waals surface area contributed by atoms with Crippen LogP contribution in [0.25, 0.3) is 6.08 Å². The van der Waals surface area contributed by atoms with Gasteiger partial charge in [-0.1, -0.05) is 37.6 Å². The summed E-state index contributed by atoms with van der Waals surface area (Å²) in [5.41, 5.74) is 2.47. The maximum Gasteiger partial charge on any atom is 0.194 e. The van der Waals surface area contributed by atoms with Crippen molar-refractivity contribution in [1.29, 1.82) is 0 Å². The van der Waals surface area contributed by atoms with Crippen LogP contribution in [0, 0.1) is 0 Å². The van der Waals surface area contributed by atoms with Crippen LogP contribution in [-0.4, -0.2) is 12.0 Å². The molecule has 1 unspecified atom stereocenters. The molecule has 0 aliphatic carbocycles. The number of aryl methyl sites for hydroxylation is 1. The Balaban J connectivity index is 2.54. The average molecular weight is 238 g/mol. The van der Waals surface area contributed by atoms with Crippen molar-refractivity contribution in [3.8, 4) is 0 Å². The van der Waals surface area contributed by atoms with Crippen LogP contribution in [0.5, 0.6) is 0 Å². The molecule has 0 heterocycles. The van der Waals surface area contributed by atoms with Gasteiger partial charge in [0.2, 0.25) is 0 Å². The summed E-state index contributed by atoms with van der Waals surface area (Å²) in [4.78, 5) is 9.25. The second kappa shape index (κ2) is 7.56. The molecule has 0 radical (unpaired) electrons. The van der Waals surface area contributed by atoms with Crippen LogP contribution in [0.2, 0.25) is 0 Å². The fourth-order valence-electron chi connectivity index (χ4n) is 1.39. The van der Waals surface area contributed by atoms with Gasteiger partial charge in [-0.3, -0.25) is 0 Å². The predicted octanol–water partition coefficient (Wildman–Crippen LogP) is 3.95. The van der Waals surface area contributed by atoms with Crippen molar-refractivity contribution < 1.29 is 9.42 Å². The highest BCUT2D eigenvalue weighted by molar-refractivity contribution is 7.49. The monoisotopic (exact) mass is 238 g/mol. The molecule has 1 aromatic rings. The Hall–Kier alpha value is -0.690. The van der Waals surface area contributed by atoms with E-state index in [-0.39, 0.29) is 0 Å². The minimum Gasteiger partial charge on any atom is -0.347 e. The van der Waals surface area contributed by atoms with E-state index in [2.05, 4.69) is 31.2 Å². The molecule has 0 spiro atoms. The molecule has 1 N–H and O–H groups in total. The fourth-order valence-corrected chi connectivity index (χ4v) is 1.81. The molecule has 1 aromatic carbocycles. The van der Waals surface area contributed by atoms with Crippen molar-refractivity contribution in [2.24, 2.45) is 0 Å². The fraction of sp³-hybridized carbons (Fsp3) is 0.385. The van der Waals surface area contributed by atoms with E-state index in [9.17, 15) is 4.89 Å². The van der Waals surface area contributed by atoms with Crippen molar-refractivity contribution in [3.05, 3.63) is 41.2 Å². The molecule has 0 fully saturated rings. The van der Waals surface area contributed by atoms with Gasteiger partial charge in [0.05, 0.1) is 0 Å². The topological polar surface area (TPSA) is 29.5 Å². The normalized spacial score (nSPS) is 13.2. The zero-order chi connectivity index (χ0) is 11.8. The zero-order valence-electron chi connectivity index (χ0n) is 9.89. The molecular formula is C13H19O2P. The third-order valence-electron chi connectivity index (χ3n) is 2.38. The van der Waals surface area contributed by atoms with Gasteiger partial charge in [-0.15, -0.1) is 0 Å². The first-order valence-electron chi connectivity index (χ1n) is 5.55. The third kappa shape index (κ3) is 4.89. The van der Waals surface area contributed by atoms with Gasteiger partial charge in [0.25, 0.3) is 0 Å². The van der Waals surface area contributed by atoms with Gasteiger partial charge >= 0.3 is 0 Å². The molecule has 16 heavy (non-hydrogen) atoms. The zero-order valence-corrected chi connectivity index (χ0v) is 10.8. The number of hydrogen-bond donors (Lipinski definition) is 1. The second-order valence-electron chi connectivity index (χ2n) is 3.65. The van der Waals surface area contributed by atoms with Gasteiger partial charge in [-0.25, -0.2) is 0 Å². The molecule has 0 amide bonds. The van der Waals surface area contributed by atoms with Crippen molar-refractivity contribution in [2.75, 3.05) is 7.11 Å². The predicted molar refractivity (Wildman–Crippen MR) is 70.2 cm³/mol. The van der Waals surface area contributed by atoms with E-state index in [0.717, 1.165) is 12.0 Å². The first-order chi connectivity index (χ1) is 7.76. The Morgan fingerprint density at radius 2 is 2.00 bits per heavy atom. The molecule has 0 aliphatic heterocycles. The Labute approximate surface area is 98.9 Å². The molecule has 0 aromatic heterocycles. The van der Waals surface area contributed by atoms with Gasteiger partial charge < -0.3 is 9.42 Å². The van der Waals surface area contributed by atoms with E-state index < -0.39 is 8.38 Å². The summed E-state index contributed by atoms with van der Waals surface area (Å²) in [6, 6.07) is 8.42. The highest BCUT2D eigenvalue weighted by Gasteiger charge is 1.95. The van der Waals surface area contributed by atoms with Crippen molar-refractivity contribution >= 4 is 14.5 Å². The summed E-state index contributed by atoms with van der Waals surface area (Å²) in [5.74, 6) is 1.69. The molecule has 0 saturated carbocycles. The Morgan fingerprint density at radius 3 is 2.56 bits per heavy atom. The Kier molecular flexibility index (Phi) is 6.32. The van der Waals surface area contributed by atoms with Crippen LogP contribution in [0.3, 0.4) is 0 Å². The highest BCUT2D eigenvalue weighted by atomic mass is 31.2. The molecule has 1 atom stereocenters. The van der Waals surface area contributed by atoms with E-state index in [1.165, 1.54) is 25.5 Å². The number of unbranched alkanes of at least 4 members (excludes halogenated alkanes) is 1. The molecule has 0 bridgehead atoms. The largest absolute Gasteiger partial charge is 0.347 e. The lowest BCUT2D eigenvalue weighted by atomic mass is 10.1. The lowest BCUT2D eigenvalue weighted by Crippen LogP contribution is -1.84. The van der Waals surface area contributed by atoms with Crippen LogP contribution in [0.15, 0.2) is 30.1 Å². The molecule has 88 valence electrons. The maximum atomic E-state index is 9.25. The molecular weight excluding hydrogens is 219 g/mol. The van der Waals surface area contributed by atoms with Gasteiger partial charge in [-0.2, -0.15) is 0 Å². The summed E-state index contributed by atoms with van der Waals surface area (Å²) in [6.07, 6.45) is 5.50. The van der Waals surface area contributed by atoms with Crippen LogP contribution in [-0.2, 0) is 10.9 Å². The number of benzene rings is 1. The third-order valence-corrected chi connectivity index (χ3v) is 3.16. The van der Waals surface area contributed by atoms with Crippen LogP contribution in [0.4, 0.5) is 0 Å². The second-order valence-corrected chi connectivity index (χ2v) is 4.91. The summed E-state index contributed by atoms with van der Waals surface area (Å²) >= 11 is 0. The average Bonchev–Trinajstić information content (AvgIpc) is 2.34. The van der Waals surface area contributed by atoms with Crippen molar-refractivity contribution in [3.63, 3.8) is 0 Å². The molecule has 2 nitrogen and oxygen atoms in total. The van der Waals surface area contributed by atoms with E-state index >= 15 is 0 Å². The van der Waals surface area contributed by atoms with Gasteiger partial charge in [0.1, 0.15) is 0 Å². The van der Waals surface area contributed by atoms with Crippen molar-refractivity contribution in [2.45, 2.75) is 26.2 Å². The Morgan fingerprint density at radius 1 is 1.31 bits per heavy atom. The Bertz CT molecular complexity index is 319. The van der Waals surface area contributed by atoms with Crippen LogP contribution < -0.4 is 0 Å². The van der Waals surface area contributed by atoms with Crippen LogP contribution >= 0.6 is 8.38 Å². The van der Waals surface area contributed by atoms with Gasteiger partial charge in [-0.05, 0) is 35.9 Å². The first kappa shape index (κ1) is 13.4. The van der Waals surface area contributed by atoms with E-state index in [4.69, 9.17) is 4.52 Å². The molecule has 3 heteroatoms. The quantitative estimate of drug-likeness (QED) is 0.760. The highest BCUT2D eigenvalue weighted by Crippen LogP contribution is 2.32. The maximum absolute atomic E-state index is 9.25. The van der Waals surface area contributed by atoms with E-state index in [0.29, 0.717) is 0 Å². The summed E-state index contributed by atoms with van der Waals surface area (Å²) in [6.45, 7) is 2.20. The van der Waals surface area contributed by atoms with Gasteiger partial charge in [0.15, 0.2) is 8.38 Å². The minimum absolute atomic E-state index is 1.10. The summed E-state index contributed by atoms with van der Waals surface area (Å²) in [5, 5.41) is 0. The SMILES string of the molecule is CCCCc1ccc(/C=C/P(O)OC)cc1. The van der Waals surface area contributed by atoms with E-state index in [1.807, 2.05) is 6.08 Å². The lowest BCUT2D eigenvalue weighted by molar-refractivity contribution is 0.400. The summed E-state index contributed by atoms with van der Waals surface area (Å²) in [7, 11) is 0.104. The van der Waals surface area contributed by atoms with Crippen molar-refractivity contribution in [1.82, 2.24) is 0 Å². The molecule has 1 rings (SSSR count). The standard InChI is InChI=1S/C13H19O2P/c1-3-4-5-12-6-8-13(9-7-12)10-11-16(14)15-2/h6-11,14H,3-5H2,1-2H3/b11-10+.